The Labute approximate surface area is 139 Å². The second kappa shape index (κ2) is 18.9. The van der Waals surface area contributed by atoms with Crippen LogP contribution in [0.2, 0.25) is 0 Å². The van der Waals surface area contributed by atoms with Crippen LogP contribution in [-0.4, -0.2) is 45.3 Å². The minimum atomic E-state index is -0.542. The van der Waals surface area contributed by atoms with E-state index in [0.29, 0.717) is 11.8 Å². The molecule has 0 aliphatic rings. The van der Waals surface area contributed by atoms with Crippen molar-refractivity contribution in [2.24, 2.45) is 17.8 Å². The third-order valence-electron chi connectivity index (χ3n) is 3.33. The van der Waals surface area contributed by atoms with Gasteiger partial charge in [-0.3, -0.25) is 0 Å². The molecule has 0 aromatic carbocycles. The molecule has 3 atom stereocenters. The summed E-state index contributed by atoms with van der Waals surface area (Å²) in [6.07, 6.45) is 1.01. The van der Waals surface area contributed by atoms with Crippen LogP contribution in [0.3, 0.4) is 0 Å². The Morgan fingerprint density at radius 2 is 0.818 bits per heavy atom. The van der Waals surface area contributed by atoms with E-state index in [1.54, 1.807) is 0 Å². The second-order valence-electron chi connectivity index (χ2n) is 6.43. The molecule has 4 heteroatoms. The summed E-state index contributed by atoms with van der Waals surface area (Å²) >= 11 is 0. The Hall–Kier alpha value is -0.160. The van der Waals surface area contributed by atoms with Crippen molar-refractivity contribution in [1.29, 1.82) is 0 Å². The molecule has 0 bridgehead atoms. The number of hydrogen-bond donors (Lipinski definition) is 4. The van der Waals surface area contributed by atoms with Crippen LogP contribution in [0, 0.1) is 17.8 Å². The van der Waals surface area contributed by atoms with Crippen molar-refractivity contribution in [3.05, 3.63) is 0 Å². The van der Waals surface area contributed by atoms with Crippen LogP contribution in [0.25, 0.3) is 0 Å². The van der Waals surface area contributed by atoms with Crippen molar-refractivity contribution in [3.63, 3.8) is 0 Å². The first-order chi connectivity index (χ1) is 9.54. The standard InChI is InChI=1S/2C6H14O.C5H12O2.CH4/c2*1-4-6(7)5(2)3;1-4(2)5(7)3-6;/h2*5-7H,4H2,1-3H3;4-7H,3H2,1-2H3;1H4/t6-;;5-;/m0.1./s1. The SMILES string of the molecule is C.CC(C)[C@H](O)CO.CCC(O)C(C)C.CC[C@H](O)C(C)C. The lowest BCUT2D eigenvalue weighted by molar-refractivity contribution is 0.0597. The average molecular weight is 325 g/mol. The lowest BCUT2D eigenvalue weighted by atomic mass is 10.1. The van der Waals surface area contributed by atoms with Gasteiger partial charge in [-0.1, -0.05) is 62.8 Å². The van der Waals surface area contributed by atoms with Gasteiger partial charge in [0, 0.05) is 0 Å². The molecule has 0 heterocycles. The van der Waals surface area contributed by atoms with E-state index >= 15 is 0 Å². The summed E-state index contributed by atoms with van der Waals surface area (Å²) in [7, 11) is 0. The van der Waals surface area contributed by atoms with Crippen LogP contribution < -0.4 is 0 Å². The first-order valence-electron chi connectivity index (χ1n) is 8.19. The quantitative estimate of drug-likeness (QED) is 0.603. The van der Waals surface area contributed by atoms with Crippen LogP contribution in [0.15, 0.2) is 0 Å². The van der Waals surface area contributed by atoms with Crippen molar-refractivity contribution in [2.75, 3.05) is 6.61 Å². The molecule has 0 rings (SSSR count). The zero-order chi connectivity index (χ0) is 17.6. The van der Waals surface area contributed by atoms with Crippen molar-refractivity contribution in [3.8, 4) is 0 Å². The molecule has 4 nitrogen and oxygen atoms in total. The van der Waals surface area contributed by atoms with E-state index < -0.39 is 6.10 Å². The molecule has 0 aromatic heterocycles. The number of hydrogen-bond acceptors (Lipinski definition) is 4. The summed E-state index contributed by atoms with van der Waals surface area (Å²) in [5, 5.41) is 34.8. The lowest BCUT2D eigenvalue weighted by Crippen LogP contribution is -2.18. The molecule has 22 heavy (non-hydrogen) atoms. The maximum atomic E-state index is 8.94. The number of rotatable bonds is 6. The monoisotopic (exact) mass is 324 g/mol. The molecule has 1 unspecified atom stereocenters. The predicted molar refractivity (Wildman–Crippen MR) is 96.9 cm³/mol. The molecule has 4 N–H and O–H groups in total. The normalized spacial score (nSPS) is 14.3. The number of aliphatic hydroxyl groups excluding tert-OH is 4. The highest BCUT2D eigenvalue weighted by atomic mass is 16.3. The molecule has 0 radical (unpaired) electrons. The van der Waals surface area contributed by atoms with Crippen molar-refractivity contribution in [1.82, 2.24) is 0 Å². The molecule has 140 valence electrons. The lowest BCUT2D eigenvalue weighted by Gasteiger charge is -2.09. The Bertz CT molecular complexity index is 160. The zero-order valence-electron chi connectivity index (χ0n) is 15.4. The highest BCUT2D eigenvalue weighted by Gasteiger charge is 2.05. The van der Waals surface area contributed by atoms with Crippen LogP contribution in [0.4, 0.5) is 0 Å². The highest BCUT2D eigenvalue weighted by Crippen LogP contribution is 2.03. The third kappa shape index (κ3) is 22.1. The molecule has 0 aliphatic carbocycles. The van der Waals surface area contributed by atoms with Crippen LogP contribution >= 0.6 is 0 Å². The fourth-order valence-corrected chi connectivity index (χ4v) is 1.15. The van der Waals surface area contributed by atoms with Gasteiger partial charge in [0.05, 0.1) is 24.9 Å². The smallest absolute Gasteiger partial charge is 0.0793 e. The first-order valence-corrected chi connectivity index (χ1v) is 8.19. The maximum absolute atomic E-state index is 8.94. The fourth-order valence-electron chi connectivity index (χ4n) is 1.15. The van der Waals surface area contributed by atoms with E-state index in [2.05, 4.69) is 0 Å². The molecule has 0 saturated heterocycles. The summed E-state index contributed by atoms with van der Waals surface area (Å²) in [5.74, 6) is 1.01. The summed E-state index contributed by atoms with van der Waals surface area (Å²) in [5.41, 5.74) is 0. The van der Waals surface area contributed by atoms with Gasteiger partial charge in [0.1, 0.15) is 0 Å². The third-order valence-corrected chi connectivity index (χ3v) is 3.33. The largest absolute Gasteiger partial charge is 0.394 e. The molecule has 0 aromatic rings. The maximum Gasteiger partial charge on any atom is 0.0793 e. The molecule has 0 spiro atoms. The Kier molecular flexibility index (Phi) is 25.6. The average Bonchev–Trinajstić information content (AvgIpc) is 2.45. The Morgan fingerprint density at radius 1 is 0.591 bits per heavy atom. The van der Waals surface area contributed by atoms with Gasteiger partial charge in [-0.25, -0.2) is 0 Å². The second-order valence-corrected chi connectivity index (χ2v) is 6.43. The van der Waals surface area contributed by atoms with Gasteiger partial charge in [-0.05, 0) is 30.6 Å². The van der Waals surface area contributed by atoms with Gasteiger partial charge in [-0.2, -0.15) is 0 Å². The van der Waals surface area contributed by atoms with E-state index in [9.17, 15) is 0 Å². The number of aliphatic hydroxyl groups is 4. The Morgan fingerprint density at radius 3 is 0.818 bits per heavy atom. The van der Waals surface area contributed by atoms with Gasteiger partial charge in [0.15, 0.2) is 0 Å². The van der Waals surface area contributed by atoms with Gasteiger partial charge in [0.2, 0.25) is 0 Å². The molecule has 0 amide bonds. The van der Waals surface area contributed by atoms with Crippen LogP contribution in [0.1, 0.15) is 75.7 Å². The molecular weight excluding hydrogens is 280 g/mol. The van der Waals surface area contributed by atoms with E-state index in [1.165, 1.54) is 0 Å². The van der Waals surface area contributed by atoms with E-state index in [-0.39, 0.29) is 32.2 Å². The van der Waals surface area contributed by atoms with Gasteiger partial charge < -0.3 is 20.4 Å². The van der Waals surface area contributed by atoms with Crippen molar-refractivity contribution >= 4 is 0 Å². The van der Waals surface area contributed by atoms with E-state index in [4.69, 9.17) is 20.4 Å². The summed E-state index contributed by atoms with van der Waals surface area (Å²) in [4.78, 5) is 0. The summed E-state index contributed by atoms with van der Waals surface area (Å²) < 4.78 is 0. The predicted octanol–water partition coefficient (Wildman–Crippen LogP) is 3.46. The highest BCUT2D eigenvalue weighted by molar-refractivity contribution is 4.55. The fraction of sp³-hybridized carbons (Fsp3) is 1.00. The molecule has 0 saturated carbocycles. The summed E-state index contributed by atoms with van der Waals surface area (Å²) in [6.45, 7) is 15.7. The minimum absolute atomic E-state index is 0. The summed E-state index contributed by atoms with van der Waals surface area (Å²) in [6, 6.07) is 0. The van der Waals surface area contributed by atoms with Crippen molar-refractivity contribution in [2.45, 2.75) is 94.0 Å². The minimum Gasteiger partial charge on any atom is -0.394 e. The van der Waals surface area contributed by atoms with Gasteiger partial charge >= 0.3 is 0 Å². The first kappa shape index (κ1) is 29.8. The Balaban J connectivity index is -0.000000108. The van der Waals surface area contributed by atoms with Crippen LogP contribution in [-0.2, 0) is 0 Å². The molecular formula is C18H44O4. The zero-order valence-corrected chi connectivity index (χ0v) is 15.4. The topological polar surface area (TPSA) is 80.9 Å². The van der Waals surface area contributed by atoms with Gasteiger partial charge in [0.25, 0.3) is 0 Å². The van der Waals surface area contributed by atoms with E-state index in [1.807, 2.05) is 55.4 Å². The van der Waals surface area contributed by atoms with E-state index in [0.717, 1.165) is 12.8 Å². The van der Waals surface area contributed by atoms with Gasteiger partial charge in [-0.15, -0.1) is 0 Å². The molecule has 0 aliphatic heterocycles. The van der Waals surface area contributed by atoms with Crippen molar-refractivity contribution < 1.29 is 20.4 Å². The van der Waals surface area contributed by atoms with Crippen LogP contribution in [0.5, 0.6) is 0 Å². The molecule has 0 fully saturated rings.